The highest BCUT2D eigenvalue weighted by Gasteiger charge is 2.13. The van der Waals surface area contributed by atoms with Crippen molar-refractivity contribution in [2.75, 3.05) is 0 Å². The van der Waals surface area contributed by atoms with Crippen molar-refractivity contribution in [3.8, 4) is 0 Å². The number of hydrogen-bond donors (Lipinski definition) is 0. The third-order valence-corrected chi connectivity index (χ3v) is 5.86. The zero-order valence-electron chi connectivity index (χ0n) is 14.1. The number of para-hydroxylation sites is 1. The molecule has 0 unspecified atom stereocenters. The molecule has 0 saturated heterocycles. The molecule has 0 saturated carbocycles. The van der Waals surface area contributed by atoms with E-state index in [1.807, 2.05) is 36.4 Å². The molecule has 0 spiro atoms. The van der Waals surface area contributed by atoms with Gasteiger partial charge in [-0.25, -0.2) is 4.98 Å². The Bertz CT molecular complexity index is 1160. The lowest BCUT2D eigenvalue weighted by atomic mass is 10.2. The van der Waals surface area contributed by atoms with E-state index in [-0.39, 0.29) is 5.56 Å². The Morgan fingerprint density at radius 2 is 1.89 bits per heavy atom. The zero-order chi connectivity index (χ0) is 18.8. The maximum atomic E-state index is 13.0. The first-order valence-electron chi connectivity index (χ1n) is 8.20. The number of furan rings is 1. The van der Waals surface area contributed by atoms with Gasteiger partial charge in [-0.1, -0.05) is 53.2 Å². The predicted octanol–water partition coefficient (Wildman–Crippen LogP) is 5.64. The van der Waals surface area contributed by atoms with Gasteiger partial charge < -0.3 is 4.42 Å². The molecule has 0 aliphatic heterocycles. The first kappa shape index (κ1) is 18.2. The smallest absolute Gasteiger partial charge is 0.262 e. The number of rotatable bonds is 5. The Morgan fingerprint density at radius 1 is 1.04 bits per heavy atom. The lowest BCUT2D eigenvalue weighted by molar-refractivity contribution is 0.476. The second-order valence-corrected chi connectivity index (χ2v) is 7.68. The van der Waals surface area contributed by atoms with Gasteiger partial charge in [0.15, 0.2) is 5.16 Å². The summed E-state index contributed by atoms with van der Waals surface area (Å²) in [6, 6.07) is 16.5. The van der Waals surface area contributed by atoms with Gasteiger partial charge in [-0.3, -0.25) is 9.36 Å². The summed E-state index contributed by atoms with van der Waals surface area (Å²) in [5.41, 5.74) is 1.59. The number of nitrogens with zero attached hydrogens (tertiary/aromatic N) is 2. The third kappa shape index (κ3) is 3.90. The molecule has 7 heteroatoms. The lowest BCUT2D eigenvalue weighted by Gasteiger charge is -2.12. The fourth-order valence-corrected chi connectivity index (χ4v) is 4.00. The fourth-order valence-electron chi connectivity index (χ4n) is 2.73. The fraction of sp³-hybridized carbons (Fsp3) is 0.100. The van der Waals surface area contributed by atoms with Crippen LogP contribution in [0.1, 0.15) is 11.3 Å². The lowest BCUT2D eigenvalue weighted by Crippen LogP contribution is -2.23. The molecule has 136 valence electrons. The van der Waals surface area contributed by atoms with Gasteiger partial charge in [0, 0.05) is 5.75 Å². The van der Waals surface area contributed by atoms with Crippen molar-refractivity contribution >= 4 is 45.9 Å². The van der Waals surface area contributed by atoms with Crippen molar-refractivity contribution < 1.29 is 4.42 Å². The van der Waals surface area contributed by atoms with Gasteiger partial charge in [-0.15, -0.1) is 0 Å². The standard InChI is InChI=1S/C20H14Cl2N2O2S/c21-16-8-7-13(10-17(16)22)12-27-20-23-18-6-2-1-5-15(18)19(25)24(20)11-14-4-3-9-26-14/h1-10H,11-12H2. The van der Waals surface area contributed by atoms with E-state index in [1.54, 1.807) is 29.0 Å². The highest BCUT2D eigenvalue weighted by molar-refractivity contribution is 7.98. The van der Waals surface area contributed by atoms with Crippen LogP contribution in [0.2, 0.25) is 10.0 Å². The minimum atomic E-state index is -0.0892. The molecule has 2 heterocycles. The normalized spacial score (nSPS) is 11.2. The first-order valence-corrected chi connectivity index (χ1v) is 9.94. The Labute approximate surface area is 169 Å². The molecule has 0 N–H and O–H groups in total. The van der Waals surface area contributed by atoms with Crippen LogP contribution in [0.25, 0.3) is 10.9 Å². The molecule has 0 aliphatic carbocycles. The highest BCUT2D eigenvalue weighted by Crippen LogP contribution is 2.27. The van der Waals surface area contributed by atoms with Gasteiger partial charge in [0.25, 0.3) is 5.56 Å². The summed E-state index contributed by atoms with van der Waals surface area (Å²) in [5.74, 6) is 1.31. The van der Waals surface area contributed by atoms with Crippen molar-refractivity contribution in [3.05, 3.63) is 92.6 Å². The SMILES string of the molecule is O=c1c2ccccc2nc(SCc2ccc(Cl)c(Cl)c2)n1Cc1ccco1. The molecule has 4 nitrogen and oxygen atoms in total. The second-order valence-electron chi connectivity index (χ2n) is 5.92. The van der Waals surface area contributed by atoms with Crippen molar-refractivity contribution in [2.24, 2.45) is 0 Å². The number of aromatic nitrogens is 2. The van der Waals surface area contributed by atoms with Gasteiger partial charge >= 0.3 is 0 Å². The topological polar surface area (TPSA) is 48.0 Å². The summed E-state index contributed by atoms with van der Waals surface area (Å²) in [5, 5.41) is 2.24. The van der Waals surface area contributed by atoms with E-state index in [0.717, 1.165) is 5.56 Å². The molecule has 0 atom stereocenters. The minimum absolute atomic E-state index is 0.0892. The Balaban J connectivity index is 1.73. The van der Waals surface area contributed by atoms with Crippen LogP contribution in [0, 0.1) is 0 Å². The average molecular weight is 417 g/mol. The summed E-state index contributed by atoms with van der Waals surface area (Å²) < 4.78 is 7.06. The van der Waals surface area contributed by atoms with Crippen LogP contribution < -0.4 is 5.56 Å². The summed E-state index contributed by atoms with van der Waals surface area (Å²) in [4.78, 5) is 17.7. The molecule has 4 aromatic rings. The molecular formula is C20H14Cl2N2O2S. The molecule has 0 amide bonds. The van der Waals surface area contributed by atoms with Crippen LogP contribution in [0.3, 0.4) is 0 Å². The van der Waals surface area contributed by atoms with Crippen molar-refractivity contribution in [2.45, 2.75) is 17.5 Å². The monoisotopic (exact) mass is 416 g/mol. The number of hydrogen-bond acceptors (Lipinski definition) is 4. The average Bonchev–Trinajstić information content (AvgIpc) is 3.18. The van der Waals surface area contributed by atoms with Crippen LogP contribution in [0.4, 0.5) is 0 Å². The van der Waals surface area contributed by atoms with E-state index < -0.39 is 0 Å². The van der Waals surface area contributed by atoms with Gasteiger partial charge in [0.2, 0.25) is 0 Å². The van der Waals surface area contributed by atoms with Gasteiger partial charge in [-0.05, 0) is 42.0 Å². The van der Waals surface area contributed by atoms with Crippen LogP contribution in [-0.4, -0.2) is 9.55 Å². The van der Waals surface area contributed by atoms with Crippen molar-refractivity contribution in [3.63, 3.8) is 0 Å². The van der Waals surface area contributed by atoms with Crippen LogP contribution in [0.15, 0.2) is 75.2 Å². The summed E-state index contributed by atoms with van der Waals surface area (Å²) in [7, 11) is 0. The number of fused-ring (bicyclic) bond motifs is 1. The van der Waals surface area contributed by atoms with E-state index in [2.05, 4.69) is 0 Å². The molecular weight excluding hydrogens is 403 g/mol. The second kappa shape index (κ2) is 7.80. The Hall–Kier alpha value is -2.21. The molecule has 0 aliphatic rings. The Kier molecular flexibility index (Phi) is 5.25. The van der Waals surface area contributed by atoms with E-state index in [0.29, 0.717) is 44.2 Å². The quantitative estimate of drug-likeness (QED) is 0.312. The van der Waals surface area contributed by atoms with Crippen molar-refractivity contribution in [1.29, 1.82) is 0 Å². The molecule has 0 bridgehead atoms. The summed E-state index contributed by atoms with van der Waals surface area (Å²) in [6.07, 6.45) is 1.59. The zero-order valence-corrected chi connectivity index (χ0v) is 16.4. The molecule has 27 heavy (non-hydrogen) atoms. The van der Waals surface area contributed by atoms with Crippen molar-refractivity contribution in [1.82, 2.24) is 9.55 Å². The van der Waals surface area contributed by atoms with Crippen LogP contribution in [0.5, 0.6) is 0 Å². The molecule has 2 aromatic heterocycles. The molecule has 0 fully saturated rings. The van der Waals surface area contributed by atoms with Gasteiger partial charge in [-0.2, -0.15) is 0 Å². The molecule has 0 radical (unpaired) electrons. The molecule has 4 rings (SSSR count). The molecule has 2 aromatic carbocycles. The van der Waals surface area contributed by atoms with Gasteiger partial charge in [0.1, 0.15) is 5.76 Å². The maximum absolute atomic E-state index is 13.0. The number of benzene rings is 2. The third-order valence-electron chi connectivity index (χ3n) is 4.07. The maximum Gasteiger partial charge on any atom is 0.262 e. The van der Waals surface area contributed by atoms with Crippen LogP contribution >= 0.6 is 35.0 Å². The van der Waals surface area contributed by atoms with Gasteiger partial charge in [0.05, 0.1) is 33.8 Å². The number of halogens is 2. The minimum Gasteiger partial charge on any atom is -0.467 e. The first-order chi connectivity index (χ1) is 13.1. The van der Waals surface area contributed by atoms with E-state index in [4.69, 9.17) is 32.6 Å². The highest BCUT2D eigenvalue weighted by atomic mass is 35.5. The summed E-state index contributed by atoms with van der Waals surface area (Å²) in [6.45, 7) is 0.327. The van der Waals surface area contributed by atoms with Crippen LogP contribution in [-0.2, 0) is 12.3 Å². The van der Waals surface area contributed by atoms with E-state index >= 15 is 0 Å². The van der Waals surface area contributed by atoms with E-state index in [9.17, 15) is 4.79 Å². The largest absolute Gasteiger partial charge is 0.467 e. The summed E-state index contributed by atoms with van der Waals surface area (Å²) >= 11 is 13.6. The predicted molar refractivity (Wildman–Crippen MR) is 110 cm³/mol. The number of thioether (sulfide) groups is 1. The Morgan fingerprint density at radius 3 is 2.67 bits per heavy atom. The van der Waals surface area contributed by atoms with E-state index in [1.165, 1.54) is 11.8 Å².